The molecular formula is C22H23N5O2S. The number of aryl methyl sites for hydroxylation is 2. The first kappa shape index (κ1) is 20.3. The van der Waals surface area contributed by atoms with E-state index in [4.69, 9.17) is 9.51 Å². The molecule has 0 aliphatic carbocycles. The largest absolute Gasteiger partial charge is 0.338 e. The van der Waals surface area contributed by atoms with E-state index in [1.807, 2.05) is 44.2 Å². The Bertz CT molecular complexity index is 1230. The van der Waals surface area contributed by atoms with Gasteiger partial charge in [0.25, 0.3) is 5.56 Å². The molecule has 0 aliphatic heterocycles. The molecule has 0 bridgehead atoms. The second-order valence-corrected chi connectivity index (χ2v) is 8.46. The highest BCUT2D eigenvalue weighted by Crippen LogP contribution is 2.34. The predicted molar refractivity (Wildman–Crippen MR) is 117 cm³/mol. The van der Waals surface area contributed by atoms with Crippen molar-refractivity contribution in [2.45, 2.75) is 50.4 Å². The topological polar surface area (TPSA) is 86.7 Å². The number of thioether (sulfide) groups is 1. The Balaban J connectivity index is 1.76. The number of pyridine rings is 1. The Morgan fingerprint density at radius 2 is 2.03 bits per heavy atom. The van der Waals surface area contributed by atoms with Crippen LogP contribution in [0.3, 0.4) is 0 Å². The van der Waals surface area contributed by atoms with Gasteiger partial charge >= 0.3 is 0 Å². The third-order valence-electron chi connectivity index (χ3n) is 4.74. The summed E-state index contributed by atoms with van der Waals surface area (Å²) in [5.74, 6) is 1.78. The lowest BCUT2D eigenvalue weighted by Gasteiger charge is -2.14. The first-order chi connectivity index (χ1) is 14.6. The molecule has 0 N–H and O–H groups in total. The molecule has 3 aromatic heterocycles. The third kappa shape index (κ3) is 4.14. The van der Waals surface area contributed by atoms with Crippen molar-refractivity contribution in [3.63, 3.8) is 0 Å². The summed E-state index contributed by atoms with van der Waals surface area (Å²) in [6.07, 6.45) is 4.59. The van der Waals surface area contributed by atoms with Crippen LogP contribution in [0.15, 0.2) is 57.1 Å². The molecule has 154 valence electrons. The van der Waals surface area contributed by atoms with Crippen LogP contribution in [0.2, 0.25) is 0 Å². The molecule has 1 atom stereocenters. The Labute approximate surface area is 178 Å². The maximum atomic E-state index is 13.3. The smallest absolute Gasteiger partial charge is 0.267 e. The first-order valence-corrected chi connectivity index (χ1v) is 10.9. The lowest BCUT2D eigenvalue weighted by Crippen LogP contribution is -2.23. The van der Waals surface area contributed by atoms with Crippen LogP contribution in [-0.4, -0.2) is 24.7 Å². The van der Waals surface area contributed by atoms with Gasteiger partial charge in [-0.15, -0.1) is 0 Å². The highest BCUT2D eigenvalue weighted by atomic mass is 32.2. The fourth-order valence-corrected chi connectivity index (χ4v) is 4.06. The van der Waals surface area contributed by atoms with Gasteiger partial charge in [-0.2, -0.15) is 4.98 Å². The van der Waals surface area contributed by atoms with E-state index in [1.165, 1.54) is 11.8 Å². The van der Waals surface area contributed by atoms with E-state index in [1.54, 1.807) is 16.8 Å². The third-order valence-corrected chi connectivity index (χ3v) is 5.78. The minimum absolute atomic E-state index is 0.150. The molecular weight excluding hydrogens is 398 g/mol. The van der Waals surface area contributed by atoms with E-state index in [9.17, 15) is 4.79 Å². The average molecular weight is 422 g/mol. The molecule has 0 amide bonds. The molecule has 30 heavy (non-hydrogen) atoms. The number of para-hydroxylation sites is 1. The van der Waals surface area contributed by atoms with Gasteiger partial charge in [-0.1, -0.05) is 42.4 Å². The Morgan fingerprint density at radius 3 is 2.83 bits per heavy atom. The molecule has 1 aromatic carbocycles. The maximum absolute atomic E-state index is 13.3. The standard InChI is InChI=1S/C22H23N5O2S/c1-4-5-10-18-25-20(29-26-18)15(3)30-22-24-17-9-7-6-8-16(17)21(28)27(22)19-13-14(2)11-12-23-19/h6-9,11-13,15H,4-5,10H2,1-3H3/t15-/m0/s1. The van der Waals surface area contributed by atoms with E-state index < -0.39 is 0 Å². The molecule has 0 unspecified atom stereocenters. The monoisotopic (exact) mass is 421 g/mol. The van der Waals surface area contributed by atoms with Gasteiger partial charge in [0, 0.05) is 12.6 Å². The molecule has 0 fully saturated rings. The van der Waals surface area contributed by atoms with Crippen molar-refractivity contribution in [3.05, 3.63) is 70.2 Å². The second kappa shape index (κ2) is 8.79. The van der Waals surface area contributed by atoms with Crippen LogP contribution in [-0.2, 0) is 6.42 Å². The van der Waals surface area contributed by atoms with Gasteiger partial charge in [-0.25, -0.2) is 14.5 Å². The van der Waals surface area contributed by atoms with Gasteiger partial charge in [0.15, 0.2) is 11.0 Å². The zero-order chi connectivity index (χ0) is 21.1. The van der Waals surface area contributed by atoms with Crippen molar-refractivity contribution in [3.8, 4) is 5.82 Å². The number of nitrogens with zero attached hydrogens (tertiary/aromatic N) is 5. The second-order valence-electron chi connectivity index (χ2n) is 7.16. The fourth-order valence-electron chi connectivity index (χ4n) is 3.11. The van der Waals surface area contributed by atoms with Crippen LogP contribution >= 0.6 is 11.8 Å². The zero-order valence-corrected chi connectivity index (χ0v) is 18.0. The zero-order valence-electron chi connectivity index (χ0n) is 17.2. The van der Waals surface area contributed by atoms with E-state index >= 15 is 0 Å². The molecule has 4 aromatic rings. The summed E-state index contributed by atoms with van der Waals surface area (Å²) in [6.45, 7) is 6.07. The molecule has 4 rings (SSSR count). The Morgan fingerprint density at radius 1 is 1.20 bits per heavy atom. The SMILES string of the molecule is CCCCc1noc([C@H](C)Sc2nc3ccccc3c(=O)n2-c2cc(C)ccn2)n1. The molecule has 0 radical (unpaired) electrons. The molecule has 0 saturated heterocycles. The summed E-state index contributed by atoms with van der Waals surface area (Å²) in [6, 6.07) is 11.1. The number of aromatic nitrogens is 5. The van der Waals surface area contributed by atoms with Gasteiger partial charge < -0.3 is 4.52 Å². The number of unbranched alkanes of at least 4 members (excludes halogenated alkanes) is 1. The quantitative estimate of drug-likeness (QED) is 0.317. The Hall–Kier alpha value is -3.00. The van der Waals surface area contributed by atoms with Crippen LogP contribution < -0.4 is 5.56 Å². The van der Waals surface area contributed by atoms with Crippen LogP contribution in [0.5, 0.6) is 0 Å². The fraction of sp³-hybridized carbons (Fsp3) is 0.318. The first-order valence-electron chi connectivity index (χ1n) is 10.0. The number of rotatable bonds is 7. The van der Waals surface area contributed by atoms with Crippen molar-refractivity contribution in [2.24, 2.45) is 0 Å². The van der Waals surface area contributed by atoms with Gasteiger partial charge in [0.1, 0.15) is 5.82 Å². The van der Waals surface area contributed by atoms with Crippen molar-refractivity contribution >= 4 is 22.7 Å². The minimum Gasteiger partial charge on any atom is -0.338 e. The van der Waals surface area contributed by atoms with Crippen LogP contribution in [0.4, 0.5) is 0 Å². The van der Waals surface area contributed by atoms with E-state index in [0.29, 0.717) is 33.6 Å². The van der Waals surface area contributed by atoms with Gasteiger partial charge in [-0.05, 0) is 50.1 Å². The van der Waals surface area contributed by atoms with Crippen LogP contribution in [0, 0.1) is 6.92 Å². The normalized spacial score (nSPS) is 12.4. The molecule has 0 aliphatic rings. The summed E-state index contributed by atoms with van der Waals surface area (Å²) in [7, 11) is 0. The summed E-state index contributed by atoms with van der Waals surface area (Å²) in [4.78, 5) is 27.0. The van der Waals surface area contributed by atoms with Crippen molar-refractivity contribution in [1.82, 2.24) is 24.7 Å². The number of benzene rings is 1. The lowest BCUT2D eigenvalue weighted by atomic mass is 10.2. The van der Waals surface area contributed by atoms with Crippen LogP contribution in [0.1, 0.15) is 49.2 Å². The van der Waals surface area contributed by atoms with E-state index in [2.05, 4.69) is 22.0 Å². The molecule has 0 saturated carbocycles. The Kier molecular flexibility index (Phi) is 5.94. The van der Waals surface area contributed by atoms with Gasteiger partial charge in [-0.3, -0.25) is 4.79 Å². The van der Waals surface area contributed by atoms with E-state index in [0.717, 1.165) is 24.8 Å². The summed E-state index contributed by atoms with van der Waals surface area (Å²) < 4.78 is 7.03. The molecule has 3 heterocycles. The van der Waals surface area contributed by atoms with Crippen molar-refractivity contribution < 1.29 is 4.52 Å². The molecule has 0 spiro atoms. The number of hydrogen-bond acceptors (Lipinski definition) is 7. The van der Waals surface area contributed by atoms with Gasteiger partial charge in [0.2, 0.25) is 5.89 Å². The van der Waals surface area contributed by atoms with Crippen LogP contribution in [0.25, 0.3) is 16.7 Å². The van der Waals surface area contributed by atoms with Crippen molar-refractivity contribution in [1.29, 1.82) is 0 Å². The highest BCUT2D eigenvalue weighted by Gasteiger charge is 2.21. The van der Waals surface area contributed by atoms with Crippen molar-refractivity contribution in [2.75, 3.05) is 0 Å². The lowest BCUT2D eigenvalue weighted by molar-refractivity contribution is 0.374. The minimum atomic E-state index is -0.169. The van der Waals surface area contributed by atoms with E-state index in [-0.39, 0.29) is 10.8 Å². The molecule has 7 nitrogen and oxygen atoms in total. The summed E-state index contributed by atoms with van der Waals surface area (Å²) in [5, 5.41) is 5.00. The molecule has 8 heteroatoms. The highest BCUT2D eigenvalue weighted by molar-refractivity contribution is 7.99. The van der Waals surface area contributed by atoms with Gasteiger partial charge in [0.05, 0.1) is 16.2 Å². The number of fused-ring (bicyclic) bond motifs is 1. The maximum Gasteiger partial charge on any atom is 0.267 e. The number of hydrogen-bond donors (Lipinski definition) is 0. The summed E-state index contributed by atoms with van der Waals surface area (Å²) in [5.41, 5.74) is 1.51. The summed E-state index contributed by atoms with van der Waals surface area (Å²) >= 11 is 1.41. The average Bonchev–Trinajstić information content (AvgIpc) is 3.22. The predicted octanol–water partition coefficient (Wildman–Crippen LogP) is 4.67.